The van der Waals surface area contributed by atoms with Gasteiger partial charge in [0.25, 0.3) is 5.69 Å². The number of amides is 1. The van der Waals surface area contributed by atoms with Gasteiger partial charge in [-0.25, -0.2) is 13.4 Å². The second-order valence-electron chi connectivity index (χ2n) is 19.2. The number of Topliss-reactive ketones (excluding diaryl/α,β-unsaturated/α-hetero) is 1. The zero-order valence-corrected chi connectivity index (χ0v) is 40.8. The topological polar surface area (TPSA) is 180 Å². The van der Waals surface area contributed by atoms with Gasteiger partial charge in [-0.1, -0.05) is 50.9 Å². The summed E-state index contributed by atoms with van der Waals surface area (Å²) in [5.41, 5.74) is 2.77. The van der Waals surface area contributed by atoms with E-state index in [9.17, 15) is 41.3 Å². The molecule has 1 aliphatic carbocycles. The SMILES string of the molecule is CC(C)C(=O)N1CCOC(CNc2ccc(S(=O)(=O)CC(=O)c3ccc(N4CCN(CC5=C(c6ccc(C(F)(F)F)cc6Cl)CC(C)(C)CC5)CC4)cc3Oc3cnc4[nH]ccc4c3)cc2[N+](=O)[O-])C1. The number of pyridine rings is 1. The number of anilines is 2. The summed E-state index contributed by atoms with van der Waals surface area (Å²) in [7, 11) is -4.43. The number of benzene rings is 3. The van der Waals surface area contributed by atoms with E-state index >= 15 is 0 Å². The molecule has 0 radical (unpaired) electrons. The largest absolute Gasteiger partial charge is 0.455 e. The van der Waals surface area contributed by atoms with Crippen LogP contribution in [0, 0.1) is 21.4 Å². The number of sulfone groups is 1. The molecular weight excluding hydrogens is 951 g/mol. The van der Waals surface area contributed by atoms with Crippen molar-refractivity contribution in [3.63, 3.8) is 0 Å². The predicted molar refractivity (Wildman–Crippen MR) is 261 cm³/mol. The number of carbonyl (C=O) groups is 2. The number of nitrogens with one attached hydrogen (secondary N) is 2. The molecule has 2 aromatic heterocycles. The van der Waals surface area contributed by atoms with E-state index in [0.717, 1.165) is 53.3 Å². The number of ether oxygens (including phenoxy) is 2. The van der Waals surface area contributed by atoms with Gasteiger partial charge in [0.15, 0.2) is 15.6 Å². The number of hydrogen-bond donors (Lipinski definition) is 2. The monoisotopic (exact) mass is 1010 g/mol. The van der Waals surface area contributed by atoms with E-state index in [0.29, 0.717) is 75.8 Å². The van der Waals surface area contributed by atoms with Crippen molar-refractivity contribution in [1.82, 2.24) is 19.8 Å². The molecule has 1 amide bonds. The maximum absolute atomic E-state index is 14.1. The first kappa shape index (κ1) is 50.4. The lowest BCUT2D eigenvalue weighted by molar-refractivity contribution is -0.384. The number of fused-ring (bicyclic) bond motifs is 1. The minimum Gasteiger partial charge on any atom is -0.455 e. The van der Waals surface area contributed by atoms with Crippen molar-refractivity contribution in [3.8, 4) is 11.5 Å². The van der Waals surface area contributed by atoms with Crippen LogP contribution in [0.5, 0.6) is 11.5 Å². The van der Waals surface area contributed by atoms with Crippen LogP contribution in [0.4, 0.5) is 30.2 Å². The smallest absolute Gasteiger partial charge is 0.416 e. The molecule has 2 N–H and O–H groups in total. The summed E-state index contributed by atoms with van der Waals surface area (Å²) in [5.74, 6) is -1.64. The number of carbonyl (C=O) groups excluding carboxylic acids is 2. The summed E-state index contributed by atoms with van der Waals surface area (Å²) < 4.78 is 80.4. The standard InChI is InChI=1S/C50H55ClF3N7O8S/c1-31(2)48(63)60-19-20-68-37(29-60)27-56-43-10-7-38(24-44(43)61(64)65)70(66,67)30-45(62)40-9-6-35(23-46(40)69-36-21-32-12-14-55-47(32)57-26-36)59-17-15-58(16-18-59)28-33-11-13-49(3,4)25-41(33)39-8-5-34(22-42(39)51)50(52,53)54/h5-10,12,14,21-24,26,31,37,56H,11,13,15-20,25,27-30H2,1-4H3,(H,55,57). The van der Waals surface area contributed by atoms with Crippen LogP contribution < -0.4 is 15.0 Å². The number of aromatic amines is 1. The molecule has 2 saturated heterocycles. The summed E-state index contributed by atoms with van der Waals surface area (Å²) in [4.78, 5) is 51.4. The molecule has 15 nitrogen and oxygen atoms in total. The van der Waals surface area contributed by atoms with Crippen LogP contribution >= 0.6 is 11.6 Å². The Kier molecular flexibility index (Phi) is 14.7. The van der Waals surface area contributed by atoms with Crippen molar-refractivity contribution in [2.24, 2.45) is 11.3 Å². The van der Waals surface area contributed by atoms with Crippen LogP contribution in [0.25, 0.3) is 16.6 Å². The fourth-order valence-corrected chi connectivity index (χ4v) is 10.8. The van der Waals surface area contributed by atoms with E-state index in [1.165, 1.54) is 30.5 Å². The van der Waals surface area contributed by atoms with Crippen LogP contribution in [0.15, 0.2) is 89.6 Å². The first-order chi connectivity index (χ1) is 33.1. The lowest BCUT2D eigenvalue weighted by atomic mass is 9.72. The number of ketones is 1. The Morgan fingerprint density at radius 3 is 2.53 bits per heavy atom. The Morgan fingerprint density at radius 2 is 1.81 bits per heavy atom. The number of nitrogens with zero attached hydrogens (tertiary/aromatic N) is 5. The lowest BCUT2D eigenvalue weighted by Crippen LogP contribution is -2.49. The number of halogens is 4. The number of nitro benzene ring substituents is 1. The van der Waals surface area contributed by atoms with E-state index in [1.54, 1.807) is 43.1 Å². The Hall–Kier alpha value is -6.02. The van der Waals surface area contributed by atoms with Gasteiger partial charge in [-0.05, 0) is 84.3 Å². The molecule has 5 aromatic rings. The van der Waals surface area contributed by atoms with Crippen molar-refractivity contribution in [2.45, 2.75) is 64.1 Å². The molecule has 1 unspecified atom stereocenters. The van der Waals surface area contributed by atoms with Crippen molar-refractivity contribution in [2.75, 3.05) is 74.9 Å². The Balaban J connectivity index is 0.990. The normalized spacial score (nSPS) is 18.1. The van der Waals surface area contributed by atoms with Crippen molar-refractivity contribution >= 4 is 66.8 Å². The average molecular weight is 1010 g/mol. The molecule has 1 atom stereocenters. The van der Waals surface area contributed by atoms with Gasteiger partial charge in [-0.2, -0.15) is 13.2 Å². The maximum Gasteiger partial charge on any atom is 0.416 e. The molecular formula is C50H55ClF3N7O8S. The van der Waals surface area contributed by atoms with Gasteiger partial charge < -0.3 is 29.6 Å². The minimum atomic E-state index is -4.50. The Morgan fingerprint density at radius 1 is 1.04 bits per heavy atom. The fourth-order valence-electron chi connectivity index (χ4n) is 9.26. The maximum atomic E-state index is 14.1. The molecule has 0 spiro atoms. The molecule has 3 aromatic carbocycles. The Bertz CT molecular complexity index is 2950. The Labute approximate surface area is 409 Å². The summed E-state index contributed by atoms with van der Waals surface area (Å²) in [6.07, 6.45) is 0.638. The number of H-pyrrole nitrogens is 1. The number of nitro groups is 1. The third kappa shape index (κ3) is 11.6. The van der Waals surface area contributed by atoms with Crippen LogP contribution in [-0.4, -0.2) is 116 Å². The van der Waals surface area contributed by atoms with Gasteiger partial charge in [0.05, 0.1) is 39.9 Å². The predicted octanol–water partition coefficient (Wildman–Crippen LogP) is 9.67. The van der Waals surface area contributed by atoms with Gasteiger partial charge in [0.2, 0.25) is 5.91 Å². The molecule has 0 bridgehead atoms. The minimum absolute atomic E-state index is 0.0213. The summed E-state index contributed by atoms with van der Waals surface area (Å²) in [6.45, 7) is 12.2. The van der Waals surface area contributed by atoms with Gasteiger partial charge >= 0.3 is 6.18 Å². The number of rotatable bonds is 15. The second kappa shape index (κ2) is 20.4. The molecule has 70 heavy (non-hydrogen) atoms. The lowest BCUT2D eigenvalue weighted by Gasteiger charge is -2.39. The van der Waals surface area contributed by atoms with Gasteiger partial charge in [0, 0.05) is 92.7 Å². The highest BCUT2D eigenvalue weighted by Gasteiger charge is 2.35. The van der Waals surface area contributed by atoms with Gasteiger partial charge in [-0.15, -0.1) is 0 Å². The molecule has 3 aliphatic rings. The number of morpholine rings is 1. The number of alkyl halides is 3. The average Bonchev–Trinajstić information content (AvgIpc) is 3.79. The summed E-state index contributed by atoms with van der Waals surface area (Å²) in [6, 6.07) is 15.5. The van der Waals surface area contributed by atoms with Gasteiger partial charge in [-0.3, -0.25) is 24.6 Å². The number of hydrogen-bond acceptors (Lipinski definition) is 12. The molecule has 2 fully saturated rings. The van der Waals surface area contributed by atoms with Crippen LogP contribution in [0.2, 0.25) is 5.02 Å². The van der Waals surface area contributed by atoms with E-state index < -0.39 is 54.7 Å². The molecule has 372 valence electrons. The first-order valence-electron chi connectivity index (χ1n) is 23.1. The van der Waals surface area contributed by atoms with Crippen LogP contribution in [0.3, 0.4) is 0 Å². The first-order valence-corrected chi connectivity index (χ1v) is 25.2. The number of aromatic nitrogens is 2. The fraction of sp³-hybridized carbons (Fsp3) is 0.420. The van der Waals surface area contributed by atoms with Crippen molar-refractivity contribution in [3.05, 3.63) is 117 Å². The molecule has 8 rings (SSSR count). The number of piperazine rings is 1. The highest BCUT2D eigenvalue weighted by Crippen LogP contribution is 2.46. The zero-order valence-electron chi connectivity index (χ0n) is 39.3. The third-order valence-electron chi connectivity index (χ3n) is 13.1. The van der Waals surface area contributed by atoms with E-state index in [2.05, 4.69) is 38.9 Å². The number of allylic oxidation sites excluding steroid dienone is 1. The zero-order chi connectivity index (χ0) is 50.1. The van der Waals surface area contributed by atoms with Gasteiger partial charge in [0.1, 0.15) is 28.6 Å². The van der Waals surface area contributed by atoms with Crippen molar-refractivity contribution in [1.29, 1.82) is 0 Å². The second-order valence-corrected chi connectivity index (χ2v) is 21.6. The highest BCUT2D eigenvalue weighted by atomic mass is 35.5. The molecule has 2 aliphatic heterocycles. The van der Waals surface area contributed by atoms with E-state index in [-0.39, 0.29) is 45.8 Å². The van der Waals surface area contributed by atoms with E-state index in [1.807, 2.05) is 6.07 Å². The third-order valence-corrected chi connectivity index (χ3v) is 15.1. The summed E-state index contributed by atoms with van der Waals surface area (Å²) >= 11 is 6.54. The molecule has 20 heteroatoms. The highest BCUT2D eigenvalue weighted by molar-refractivity contribution is 7.92. The van der Waals surface area contributed by atoms with Crippen molar-refractivity contribution < 1.29 is 45.6 Å². The van der Waals surface area contributed by atoms with Crippen LogP contribution in [-0.2, 0) is 25.5 Å². The quantitative estimate of drug-likeness (QED) is 0.0577. The summed E-state index contributed by atoms with van der Waals surface area (Å²) in [5, 5.41) is 16.1. The van der Waals surface area contributed by atoms with Crippen LogP contribution in [0.1, 0.15) is 68.4 Å². The molecule has 4 heterocycles. The molecule has 0 saturated carbocycles. The van der Waals surface area contributed by atoms with E-state index in [4.69, 9.17) is 21.1 Å².